The van der Waals surface area contributed by atoms with E-state index in [1.807, 2.05) is 26.0 Å². The zero-order valence-corrected chi connectivity index (χ0v) is 17.5. The van der Waals surface area contributed by atoms with Gasteiger partial charge in [-0.25, -0.2) is 8.42 Å². The molecule has 0 aliphatic carbocycles. The second-order valence-electron chi connectivity index (χ2n) is 7.41. The number of rotatable bonds is 5. The van der Waals surface area contributed by atoms with Crippen molar-refractivity contribution in [3.63, 3.8) is 0 Å². The van der Waals surface area contributed by atoms with E-state index in [-0.39, 0.29) is 30.3 Å². The van der Waals surface area contributed by atoms with Crippen LogP contribution in [0.4, 0.5) is 18.9 Å². The lowest BCUT2D eigenvalue weighted by Gasteiger charge is -2.29. The van der Waals surface area contributed by atoms with Crippen LogP contribution in [-0.4, -0.2) is 31.9 Å². The van der Waals surface area contributed by atoms with Crippen molar-refractivity contribution in [2.24, 2.45) is 0 Å². The van der Waals surface area contributed by atoms with Crippen molar-refractivity contribution in [1.82, 2.24) is 4.90 Å². The molecule has 1 amide bonds. The summed E-state index contributed by atoms with van der Waals surface area (Å²) in [5.74, 6) is -1.77. The zero-order valence-electron chi connectivity index (χ0n) is 16.7. The van der Waals surface area contributed by atoms with Gasteiger partial charge in [-0.05, 0) is 53.6 Å². The van der Waals surface area contributed by atoms with Gasteiger partial charge >= 0.3 is 12.1 Å². The molecule has 1 heterocycles. The van der Waals surface area contributed by atoms with Crippen LogP contribution in [0.5, 0.6) is 0 Å². The normalized spacial score (nSPS) is 15.4. The van der Waals surface area contributed by atoms with Gasteiger partial charge in [0.2, 0.25) is 0 Å². The van der Waals surface area contributed by atoms with E-state index in [0.717, 1.165) is 17.5 Å². The van der Waals surface area contributed by atoms with E-state index in [0.29, 0.717) is 16.2 Å². The summed E-state index contributed by atoms with van der Waals surface area (Å²) in [6.45, 7) is 3.67. The molecule has 0 radical (unpaired) electrons. The fraction of sp³-hybridized carbons (Fsp3) is 0.381. The predicted molar refractivity (Wildman–Crippen MR) is 108 cm³/mol. The molecule has 1 atom stereocenters. The number of nitrogens with zero attached hydrogens (tertiary/aromatic N) is 1. The fourth-order valence-corrected chi connectivity index (χ4v) is 4.63. The van der Waals surface area contributed by atoms with E-state index in [2.05, 4.69) is 4.72 Å². The molecule has 5 nitrogen and oxygen atoms in total. The quantitative estimate of drug-likeness (QED) is 0.747. The number of alkyl halides is 3. The molecule has 162 valence electrons. The number of para-hydroxylation sites is 1. The molecule has 0 aromatic heterocycles. The second kappa shape index (κ2) is 8.29. The summed E-state index contributed by atoms with van der Waals surface area (Å²) in [7, 11) is -3.95. The first-order valence-electron chi connectivity index (χ1n) is 9.62. The average molecular weight is 440 g/mol. The van der Waals surface area contributed by atoms with E-state index in [1.165, 1.54) is 12.1 Å². The van der Waals surface area contributed by atoms with Crippen molar-refractivity contribution in [2.75, 3.05) is 11.3 Å². The molecule has 1 aliphatic rings. The van der Waals surface area contributed by atoms with Crippen LogP contribution in [0.1, 0.15) is 42.9 Å². The Bertz CT molecular complexity index is 1050. The summed E-state index contributed by atoms with van der Waals surface area (Å²) in [6, 6.07) is 11.5. The Morgan fingerprint density at radius 3 is 2.53 bits per heavy atom. The lowest BCUT2D eigenvalue weighted by Crippen LogP contribution is -2.43. The smallest absolute Gasteiger partial charge is 0.330 e. The van der Waals surface area contributed by atoms with Crippen LogP contribution in [0.3, 0.4) is 0 Å². The van der Waals surface area contributed by atoms with Gasteiger partial charge in [0, 0.05) is 13.1 Å². The highest BCUT2D eigenvalue weighted by molar-refractivity contribution is 7.92. The van der Waals surface area contributed by atoms with Gasteiger partial charge in [-0.2, -0.15) is 13.2 Å². The maximum Gasteiger partial charge on any atom is 0.471 e. The van der Waals surface area contributed by atoms with Gasteiger partial charge in [0.25, 0.3) is 10.0 Å². The Balaban J connectivity index is 1.88. The van der Waals surface area contributed by atoms with Crippen LogP contribution >= 0.6 is 0 Å². The summed E-state index contributed by atoms with van der Waals surface area (Å²) in [6.07, 6.45) is -3.88. The van der Waals surface area contributed by atoms with Crippen LogP contribution in [-0.2, 0) is 27.8 Å². The standard InChI is InChI=1S/C21H23F3N2O3S/c1-3-14(2)18-6-4-5-7-19(18)25-30(28,29)17-9-8-15-10-11-26(13-16(15)12-17)20(27)21(22,23)24/h4-9,12,14,25H,3,10-11,13H2,1-2H3. The van der Waals surface area contributed by atoms with E-state index < -0.39 is 22.1 Å². The number of carbonyl (C=O) groups excluding carboxylic acids is 1. The monoisotopic (exact) mass is 440 g/mol. The third kappa shape index (κ3) is 4.61. The number of benzene rings is 2. The number of amides is 1. The molecule has 1 N–H and O–H groups in total. The molecular weight excluding hydrogens is 417 g/mol. The van der Waals surface area contributed by atoms with Gasteiger partial charge in [0.1, 0.15) is 0 Å². The molecule has 0 saturated heterocycles. The number of sulfonamides is 1. The summed E-state index contributed by atoms with van der Waals surface area (Å²) < 4.78 is 66.8. The topological polar surface area (TPSA) is 66.5 Å². The van der Waals surface area contributed by atoms with Gasteiger partial charge in [-0.15, -0.1) is 0 Å². The highest BCUT2D eigenvalue weighted by Crippen LogP contribution is 2.30. The SMILES string of the molecule is CCC(C)c1ccccc1NS(=O)(=O)c1ccc2c(c1)CN(C(=O)C(F)(F)F)CC2. The minimum absolute atomic E-state index is 0.0542. The van der Waals surface area contributed by atoms with E-state index in [9.17, 15) is 26.4 Å². The molecule has 0 spiro atoms. The molecule has 30 heavy (non-hydrogen) atoms. The Morgan fingerprint density at radius 2 is 1.87 bits per heavy atom. The number of nitrogens with one attached hydrogen (secondary N) is 1. The first-order chi connectivity index (χ1) is 14.0. The highest BCUT2D eigenvalue weighted by Gasteiger charge is 2.43. The van der Waals surface area contributed by atoms with E-state index in [1.54, 1.807) is 18.2 Å². The Hall–Kier alpha value is -2.55. The van der Waals surface area contributed by atoms with Crippen LogP contribution in [0.15, 0.2) is 47.4 Å². The Morgan fingerprint density at radius 1 is 1.17 bits per heavy atom. The maximum absolute atomic E-state index is 13.0. The van der Waals surface area contributed by atoms with Crippen LogP contribution < -0.4 is 4.72 Å². The third-order valence-electron chi connectivity index (χ3n) is 5.38. The van der Waals surface area contributed by atoms with Crippen LogP contribution in [0.2, 0.25) is 0 Å². The van der Waals surface area contributed by atoms with Crippen molar-refractivity contribution < 1.29 is 26.4 Å². The molecule has 9 heteroatoms. The fourth-order valence-electron chi connectivity index (χ4n) is 3.50. The molecular formula is C21H23F3N2O3S. The van der Waals surface area contributed by atoms with Crippen molar-refractivity contribution in [3.8, 4) is 0 Å². The van der Waals surface area contributed by atoms with E-state index in [4.69, 9.17) is 0 Å². The van der Waals surface area contributed by atoms with Gasteiger partial charge in [-0.1, -0.05) is 38.1 Å². The lowest BCUT2D eigenvalue weighted by molar-refractivity contribution is -0.186. The van der Waals surface area contributed by atoms with E-state index >= 15 is 0 Å². The number of anilines is 1. The minimum atomic E-state index is -4.96. The first-order valence-corrected chi connectivity index (χ1v) is 11.1. The largest absolute Gasteiger partial charge is 0.471 e. The number of fused-ring (bicyclic) bond motifs is 1. The minimum Gasteiger partial charge on any atom is -0.330 e. The number of halogens is 3. The van der Waals surface area contributed by atoms with Crippen molar-refractivity contribution in [1.29, 1.82) is 0 Å². The van der Waals surface area contributed by atoms with Crippen molar-refractivity contribution in [2.45, 2.75) is 50.2 Å². The Labute approximate surface area is 173 Å². The van der Waals surface area contributed by atoms with Gasteiger partial charge in [0.05, 0.1) is 10.6 Å². The Kier molecular flexibility index (Phi) is 6.12. The summed E-state index contributed by atoms with van der Waals surface area (Å²) in [5.41, 5.74) is 2.47. The maximum atomic E-state index is 13.0. The summed E-state index contributed by atoms with van der Waals surface area (Å²) in [5, 5.41) is 0. The third-order valence-corrected chi connectivity index (χ3v) is 6.74. The zero-order chi connectivity index (χ0) is 22.1. The van der Waals surface area contributed by atoms with Crippen molar-refractivity contribution in [3.05, 3.63) is 59.2 Å². The molecule has 3 rings (SSSR count). The van der Waals surface area contributed by atoms with Gasteiger partial charge in [0.15, 0.2) is 0 Å². The molecule has 1 unspecified atom stereocenters. The number of hydrogen-bond acceptors (Lipinski definition) is 3. The summed E-state index contributed by atoms with van der Waals surface area (Å²) in [4.78, 5) is 12.2. The first kappa shape index (κ1) is 22.1. The average Bonchev–Trinajstić information content (AvgIpc) is 2.71. The second-order valence-corrected chi connectivity index (χ2v) is 9.09. The highest BCUT2D eigenvalue weighted by atomic mass is 32.2. The molecule has 2 aromatic rings. The van der Waals surface area contributed by atoms with Gasteiger partial charge in [-0.3, -0.25) is 9.52 Å². The molecule has 0 saturated carbocycles. The molecule has 2 aromatic carbocycles. The summed E-state index contributed by atoms with van der Waals surface area (Å²) >= 11 is 0. The number of hydrogen-bond donors (Lipinski definition) is 1. The van der Waals surface area contributed by atoms with Gasteiger partial charge < -0.3 is 4.90 Å². The van der Waals surface area contributed by atoms with Crippen LogP contribution in [0.25, 0.3) is 0 Å². The molecule has 0 bridgehead atoms. The predicted octanol–water partition coefficient (Wildman–Crippen LogP) is 4.45. The molecule has 1 aliphatic heterocycles. The number of carbonyl (C=O) groups is 1. The lowest BCUT2D eigenvalue weighted by atomic mass is 9.97. The van der Waals surface area contributed by atoms with Crippen molar-refractivity contribution >= 4 is 21.6 Å². The van der Waals surface area contributed by atoms with Crippen LogP contribution in [0, 0.1) is 0 Å². The molecule has 0 fully saturated rings.